The minimum absolute atomic E-state index is 0.224. The van der Waals surface area contributed by atoms with Gasteiger partial charge in [0.15, 0.2) is 17.5 Å². The Balaban J connectivity index is 1.54. The first-order chi connectivity index (χ1) is 14.2. The van der Waals surface area contributed by atoms with Gasteiger partial charge in [-0.15, -0.1) is 0 Å². The normalized spacial score (nSPS) is 12.4. The van der Waals surface area contributed by atoms with Gasteiger partial charge in [0, 0.05) is 6.54 Å². The number of guanidine groups is 1. The first-order valence-electron chi connectivity index (χ1n) is 9.53. The van der Waals surface area contributed by atoms with Gasteiger partial charge in [-0.1, -0.05) is 24.3 Å². The van der Waals surface area contributed by atoms with Gasteiger partial charge in [0.05, 0.1) is 18.8 Å². The molecule has 0 aliphatic carbocycles. The Morgan fingerprint density at radius 1 is 1.17 bits per heavy atom. The van der Waals surface area contributed by atoms with Gasteiger partial charge in [-0.05, 0) is 43.7 Å². The van der Waals surface area contributed by atoms with Crippen LogP contribution >= 0.6 is 0 Å². The van der Waals surface area contributed by atoms with Crippen LogP contribution in [-0.4, -0.2) is 39.9 Å². The fourth-order valence-corrected chi connectivity index (χ4v) is 2.65. The van der Waals surface area contributed by atoms with Crippen molar-refractivity contribution in [2.75, 3.05) is 13.1 Å². The minimum atomic E-state index is -0.366. The lowest BCUT2D eigenvalue weighted by Crippen LogP contribution is -2.41. The van der Waals surface area contributed by atoms with Crippen LogP contribution in [0, 0.1) is 5.82 Å². The van der Waals surface area contributed by atoms with Crippen molar-refractivity contribution in [2.45, 2.75) is 26.5 Å². The molecule has 3 rings (SSSR count). The molecule has 0 spiro atoms. The topological polar surface area (TPSA) is 76.4 Å². The third kappa shape index (κ3) is 6.03. The van der Waals surface area contributed by atoms with Gasteiger partial charge in [-0.25, -0.2) is 19.0 Å². The average Bonchev–Trinajstić information content (AvgIpc) is 3.27. The lowest BCUT2D eigenvalue weighted by atomic mass is 10.2. The molecule has 0 radical (unpaired) electrons. The standard InChI is InChI=1S/C21H25FN6O/c1-3-24-21(25-12-16(2)29-20-7-5-4-6-19(20)22)26-13-17-8-10-18(11-9-17)28-15-23-14-27-28/h4-11,14-16H,3,12-13H2,1-2H3,(H2,24,25,26). The number of halogens is 1. The Labute approximate surface area is 169 Å². The van der Waals surface area contributed by atoms with Gasteiger partial charge in [0.25, 0.3) is 0 Å². The largest absolute Gasteiger partial charge is 0.486 e. The molecule has 2 aromatic carbocycles. The van der Waals surface area contributed by atoms with E-state index >= 15 is 0 Å². The van der Waals surface area contributed by atoms with Crippen molar-refractivity contribution in [2.24, 2.45) is 4.99 Å². The summed E-state index contributed by atoms with van der Waals surface area (Å²) in [6.07, 6.45) is 2.94. The van der Waals surface area contributed by atoms with Crippen molar-refractivity contribution < 1.29 is 9.13 Å². The molecule has 7 nitrogen and oxygen atoms in total. The van der Waals surface area contributed by atoms with Crippen molar-refractivity contribution in [3.8, 4) is 11.4 Å². The fourth-order valence-electron chi connectivity index (χ4n) is 2.65. The maximum absolute atomic E-state index is 13.7. The molecule has 1 heterocycles. The Kier molecular flexibility index (Phi) is 7.16. The summed E-state index contributed by atoms with van der Waals surface area (Å²) in [6.45, 7) is 5.63. The summed E-state index contributed by atoms with van der Waals surface area (Å²) >= 11 is 0. The Morgan fingerprint density at radius 2 is 1.97 bits per heavy atom. The molecule has 0 saturated heterocycles. The molecule has 2 N–H and O–H groups in total. The minimum Gasteiger partial charge on any atom is -0.486 e. The average molecular weight is 396 g/mol. The molecular formula is C21H25FN6O. The van der Waals surface area contributed by atoms with Crippen molar-refractivity contribution in [1.29, 1.82) is 0 Å². The molecule has 0 aliphatic rings. The van der Waals surface area contributed by atoms with E-state index in [2.05, 4.69) is 25.7 Å². The van der Waals surface area contributed by atoms with Crippen LogP contribution < -0.4 is 15.4 Å². The predicted octanol–water partition coefficient (Wildman–Crippen LogP) is 2.93. The number of hydrogen-bond acceptors (Lipinski definition) is 4. The number of aromatic nitrogens is 3. The molecule has 0 bridgehead atoms. The van der Waals surface area contributed by atoms with Crippen LogP contribution in [0.1, 0.15) is 19.4 Å². The van der Waals surface area contributed by atoms with Crippen LogP contribution in [-0.2, 0) is 6.54 Å². The van der Waals surface area contributed by atoms with Gasteiger partial charge >= 0.3 is 0 Å². The molecule has 0 aliphatic heterocycles. The summed E-state index contributed by atoms with van der Waals surface area (Å²) in [5, 5.41) is 10.6. The molecule has 3 aromatic rings. The number of aliphatic imine (C=N–C) groups is 1. The summed E-state index contributed by atoms with van der Waals surface area (Å²) in [4.78, 5) is 8.55. The number of nitrogens with one attached hydrogen (secondary N) is 2. The Bertz CT molecular complexity index is 911. The Morgan fingerprint density at radius 3 is 2.66 bits per heavy atom. The summed E-state index contributed by atoms with van der Waals surface area (Å²) in [5.74, 6) is 0.558. The quantitative estimate of drug-likeness (QED) is 0.452. The van der Waals surface area contributed by atoms with Gasteiger partial charge in [-0.3, -0.25) is 0 Å². The highest BCUT2D eigenvalue weighted by Crippen LogP contribution is 2.16. The van der Waals surface area contributed by atoms with Crippen molar-refractivity contribution in [3.63, 3.8) is 0 Å². The van der Waals surface area contributed by atoms with E-state index in [0.717, 1.165) is 17.8 Å². The van der Waals surface area contributed by atoms with Crippen molar-refractivity contribution >= 4 is 5.96 Å². The zero-order valence-electron chi connectivity index (χ0n) is 16.5. The second kappa shape index (κ2) is 10.2. The number of para-hydroxylation sites is 1. The van der Waals surface area contributed by atoms with Crippen LogP contribution in [0.4, 0.5) is 4.39 Å². The number of nitrogens with zero attached hydrogens (tertiary/aromatic N) is 4. The Hall–Kier alpha value is -3.42. The van der Waals surface area contributed by atoms with E-state index in [4.69, 9.17) is 4.74 Å². The van der Waals surface area contributed by atoms with Gasteiger partial charge in [-0.2, -0.15) is 5.10 Å². The molecule has 152 valence electrons. The molecule has 1 unspecified atom stereocenters. The lowest BCUT2D eigenvalue weighted by Gasteiger charge is -2.18. The SMILES string of the molecule is CCNC(=NCc1ccc(-n2cncn2)cc1)NCC(C)Oc1ccccc1F. The number of ether oxygens (including phenoxy) is 1. The fraction of sp³-hybridized carbons (Fsp3) is 0.286. The first kappa shape index (κ1) is 20.3. The highest BCUT2D eigenvalue weighted by molar-refractivity contribution is 5.79. The third-order valence-corrected chi connectivity index (χ3v) is 4.11. The second-order valence-corrected chi connectivity index (χ2v) is 6.44. The third-order valence-electron chi connectivity index (χ3n) is 4.11. The maximum Gasteiger partial charge on any atom is 0.191 e. The number of benzene rings is 2. The zero-order valence-corrected chi connectivity index (χ0v) is 16.5. The monoisotopic (exact) mass is 396 g/mol. The van der Waals surface area contributed by atoms with E-state index < -0.39 is 0 Å². The van der Waals surface area contributed by atoms with E-state index in [1.807, 2.05) is 38.1 Å². The molecule has 1 aromatic heterocycles. The molecule has 0 fully saturated rings. The molecule has 8 heteroatoms. The predicted molar refractivity (Wildman–Crippen MR) is 111 cm³/mol. The summed E-state index contributed by atoms with van der Waals surface area (Å²) in [5.41, 5.74) is 2.01. The van der Waals surface area contributed by atoms with Crippen LogP contribution in [0.25, 0.3) is 5.69 Å². The highest BCUT2D eigenvalue weighted by Gasteiger charge is 2.09. The van der Waals surface area contributed by atoms with E-state index in [-0.39, 0.29) is 17.7 Å². The molecular weight excluding hydrogens is 371 g/mol. The smallest absolute Gasteiger partial charge is 0.191 e. The summed E-state index contributed by atoms with van der Waals surface area (Å²) in [7, 11) is 0. The second-order valence-electron chi connectivity index (χ2n) is 6.44. The van der Waals surface area contributed by atoms with Crippen LogP contribution in [0.3, 0.4) is 0 Å². The highest BCUT2D eigenvalue weighted by atomic mass is 19.1. The number of hydrogen-bond donors (Lipinski definition) is 2. The summed E-state index contributed by atoms with van der Waals surface area (Å²) in [6, 6.07) is 14.4. The van der Waals surface area contributed by atoms with Gasteiger partial charge < -0.3 is 15.4 Å². The molecule has 0 saturated carbocycles. The first-order valence-corrected chi connectivity index (χ1v) is 9.53. The van der Waals surface area contributed by atoms with Gasteiger partial charge in [0.2, 0.25) is 0 Å². The van der Waals surface area contributed by atoms with Crippen LogP contribution in [0.2, 0.25) is 0 Å². The summed E-state index contributed by atoms with van der Waals surface area (Å²) < 4.78 is 21.1. The van der Waals surface area contributed by atoms with Crippen LogP contribution in [0.15, 0.2) is 66.2 Å². The number of rotatable bonds is 8. The molecule has 0 amide bonds. The van der Waals surface area contributed by atoms with Gasteiger partial charge in [0.1, 0.15) is 18.8 Å². The van der Waals surface area contributed by atoms with E-state index in [9.17, 15) is 4.39 Å². The van der Waals surface area contributed by atoms with Crippen LogP contribution in [0.5, 0.6) is 5.75 Å². The van der Waals surface area contributed by atoms with E-state index in [1.165, 1.54) is 12.4 Å². The zero-order chi connectivity index (χ0) is 20.5. The lowest BCUT2D eigenvalue weighted by molar-refractivity contribution is 0.214. The van der Waals surface area contributed by atoms with E-state index in [1.54, 1.807) is 29.2 Å². The molecule has 1 atom stereocenters. The van der Waals surface area contributed by atoms with Crippen molar-refractivity contribution in [1.82, 2.24) is 25.4 Å². The van der Waals surface area contributed by atoms with Crippen molar-refractivity contribution in [3.05, 3.63) is 72.6 Å². The maximum atomic E-state index is 13.7. The van der Waals surface area contributed by atoms with E-state index in [0.29, 0.717) is 19.0 Å². The molecule has 29 heavy (non-hydrogen) atoms.